The summed E-state index contributed by atoms with van der Waals surface area (Å²) in [4.78, 5) is 31.7. The number of likely N-dealkylation sites (tertiary alicyclic amines) is 1. The topological polar surface area (TPSA) is 43.9 Å². The van der Waals surface area contributed by atoms with Crippen LogP contribution in [0.2, 0.25) is 0 Å². The van der Waals surface area contributed by atoms with Gasteiger partial charge in [0.2, 0.25) is 11.8 Å². The standard InChI is InChI=1S/C24H35N3O2/c1-24(2)18-26(23(29)21-8-9-21)14-15-27(24)17-22(28)25-12-10-20(11-13-25)16-19-6-4-3-5-7-19/h3-7,20-21H,8-18H2,1-2H3. The molecule has 2 amide bonds. The number of rotatable bonds is 5. The Morgan fingerprint density at radius 3 is 2.24 bits per heavy atom. The number of carbonyl (C=O) groups is 2. The Hall–Kier alpha value is -1.88. The third-order valence-electron chi connectivity index (χ3n) is 6.97. The van der Waals surface area contributed by atoms with Crippen LogP contribution in [0.1, 0.15) is 45.1 Å². The van der Waals surface area contributed by atoms with E-state index in [2.05, 4.69) is 54.0 Å². The Balaban J connectivity index is 1.25. The predicted molar refractivity (Wildman–Crippen MR) is 114 cm³/mol. The highest BCUT2D eigenvalue weighted by atomic mass is 16.2. The Bertz CT molecular complexity index is 721. The van der Waals surface area contributed by atoms with E-state index < -0.39 is 0 Å². The van der Waals surface area contributed by atoms with Crippen molar-refractivity contribution >= 4 is 11.8 Å². The van der Waals surface area contributed by atoms with E-state index in [1.807, 2.05) is 4.90 Å². The van der Waals surface area contributed by atoms with E-state index in [0.29, 0.717) is 18.4 Å². The maximum atomic E-state index is 13.0. The minimum absolute atomic E-state index is 0.149. The summed E-state index contributed by atoms with van der Waals surface area (Å²) in [6.45, 7) is 8.83. The molecule has 4 rings (SSSR count). The summed E-state index contributed by atoms with van der Waals surface area (Å²) in [5.74, 6) is 1.52. The highest BCUT2D eigenvalue weighted by molar-refractivity contribution is 5.81. The van der Waals surface area contributed by atoms with E-state index in [1.54, 1.807) is 0 Å². The minimum atomic E-state index is -0.149. The molecule has 0 radical (unpaired) electrons. The first-order valence-corrected chi connectivity index (χ1v) is 11.3. The fourth-order valence-electron chi connectivity index (χ4n) is 4.86. The van der Waals surface area contributed by atoms with Crippen molar-refractivity contribution in [1.82, 2.24) is 14.7 Å². The van der Waals surface area contributed by atoms with Gasteiger partial charge in [-0.15, -0.1) is 0 Å². The molecule has 1 aromatic carbocycles. The zero-order valence-corrected chi connectivity index (χ0v) is 18.0. The van der Waals surface area contributed by atoms with Gasteiger partial charge in [-0.2, -0.15) is 0 Å². The Kier molecular flexibility index (Phi) is 5.95. The van der Waals surface area contributed by atoms with Gasteiger partial charge in [0, 0.05) is 44.2 Å². The van der Waals surface area contributed by atoms with Crippen LogP contribution in [0.25, 0.3) is 0 Å². The average Bonchev–Trinajstić information content (AvgIpc) is 3.55. The molecular formula is C24H35N3O2. The molecule has 29 heavy (non-hydrogen) atoms. The van der Waals surface area contributed by atoms with Crippen LogP contribution in [-0.2, 0) is 16.0 Å². The van der Waals surface area contributed by atoms with Crippen LogP contribution in [-0.4, -0.2) is 71.3 Å². The molecule has 1 saturated carbocycles. The first kappa shape index (κ1) is 20.4. The molecule has 1 aliphatic carbocycles. The SMILES string of the molecule is CC1(C)CN(C(=O)C2CC2)CCN1CC(=O)N1CCC(Cc2ccccc2)CC1. The van der Waals surface area contributed by atoms with Crippen molar-refractivity contribution in [2.24, 2.45) is 11.8 Å². The molecule has 5 heteroatoms. The highest BCUT2D eigenvalue weighted by Crippen LogP contribution is 2.33. The largest absolute Gasteiger partial charge is 0.342 e. The van der Waals surface area contributed by atoms with Crippen LogP contribution in [0.4, 0.5) is 0 Å². The van der Waals surface area contributed by atoms with Crippen molar-refractivity contribution in [3.63, 3.8) is 0 Å². The van der Waals surface area contributed by atoms with Crippen LogP contribution in [0, 0.1) is 11.8 Å². The van der Waals surface area contributed by atoms with Gasteiger partial charge in [0.05, 0.1) is 6.54 Å². The van der Waals surface area contributed by atoms with Gasteiger partial charge in [-0.1, -0.05) is 30.3 Å². The van der Waals surface area contributed by atoms with E-state index in [0.717, 1.165) is 64.8 Å². The molecular weight excluding hydrogens is 362 g/mol. The molecule has 3 fully saturated rings. The molecule has 2 aliphatic heterocycles. The molecule has 2 heterocycles. The summed E-state index contributed by atoms with van der Waals surface area (Å²) < 4.78 is 0. The zero-order chi connectivity index (χ0) is 20.4. The van der Waals surface area contributed by atoms with Crippen LogP contribution >= 0.6 is 0 Å². The molecule has 0 unspecified atom stereocenters. The second-order valence-corrected chi connectivity index (χ2v) is 9.78. The second kappa shape index (κ2) is 8.47. The highest BCUT2D eigenvalue weighted by Gasteiger charge is 2.41. The number of benzene rings is 1. The lowest BCUT2D eigenvalue weighted by atomic mass is 9.90. The van der Waals surface area contributed by atoms with Crippen LogP contribution < -0.4 is 0 Å². The van der Waals surface area contributed by atoms with Crippen molar-refractivity contribution in [3.8, 4) is 0 Å². The van der Waals surface area contributed by atoms with Gasteiger partial charge < -0.3 is 9.80 Å². The van der Waals surface area contributed by atoms with Crippen LogP contribution in [0.15, 0.2) is 30.3 Å². The van der Waals surface area contributed by atoms with Crippen LogP contribution in [0.3, 0.4) is 0 Å². The number of piperidine rings is 1. The van der Waals surface area contributed by atoms with Crippen molar-refractivity contribution in [2.45, 2.75) is 51.5 Å². The Morgan fingerprint density at radius 2 is 1.62 bits per heavy atom. The maximum Gasteiger partial charge on any atom is 0.236 e. The molecule has 2 saturated heterocycles. The number of carbonyl (C=O) groups excluding carboxylic acids is 2. The molecule has 158 valence electrons. The number of amides is 2. The molecule has 0 N–H and O–H groups in total. The van der Waals surface area contributed by atoms with E-state index in [4.69, 9.17) is 0 Å². The van der Waals surface area contributed by atoms with E-state index >= 15 is 0 Å². The number of nitrogens with zero attached hydrogens (tertiary/aromatic N) is 3. The fourth-order valence-corrected chi connectivity index (χ4v) is 4.86. The monoisotopic (exact) mass is 397 g/mol. The Morgan fingerprint density at radius 1 is 0.931 bits per heavy atom. The van der Waals surface area contributed by atoms with Crippen LogP contribution in [0.5, 0.6) is 0 Å². The molecule has 0 bridgehead atoms. The van der Waals surface area contributed by atoms with Gasteiger partial charge in [0.25, 0.3) is 0 Å². The van der Waals surface area contributed by atoms with Crippen molar-refractivity contribution in [1.29, 1.82) is 0 Å². The predicted octanol–water partition coefficient (Wildman–Crippen LogP) is 2.80. The molecule has 1 aromatic rings. The lowest BCUT2D eigenvalue weighted by Gasteiger charge is -2.47. The van der Waals surface area contributed by atoms with Crippen molar-refractivity contribution < 1.29 is 9.59 Å². The Labute approximate surface area is 175 Å². The third-order valence-corrected chi connectivity index (χ3v) is 6.97. The van der Waals surface area contributed by atoms with E-state index in [-0.39, 0.29) is 17.4 Å². The summed E-state index contributed by atoms with van der Waals surface area (Å²) in [6.07, 6.45) is 5.41. The number of piperazine rings is 1. The molecule has 0 aromatic heterocycles. The second-order valence-electron chi connectivity index (χ2n) is 9.78. The average molecular weight is 398 g/mol. The van der Waals surface area contributed by atoms with Gasteiger partial charge in [0.1, 0.15) is 0 Å². The summed E-state index contributed by atoms with van der Waals surface area (Å²) in [7, 11) is 0. The fraction of sp³-hybridized carbons (Fsp3) is 0.667. The molecule has 5 nitrogen and oxygen atoms in total. The van der Waals surface area contributed by atoms with Gasteiger partial charge >= 0.3 is 0 Å². The van der Waals surface area contributed by atoms with Gasteiger partial charge in [0.15, 0.2) is 0 Å². The maximum absolute atomic E-state index is 13.0. The summed E-state index contributed by atoms with van der Waals surface area (Å²) in [5, 5.41) is 0. The normalized spacial score (nSPS) is 23.2. The molecule has 0 atom stereocenters. The van der Waals surface area contributed by atoms with Gasteiger partial charge in [-0.25, -0.2) is 0 Å². The first-order valence-electron chi connectivity index (χ1n) is 11.3. The quantitative estimate of drug-likeness (QED) is 0.767. The summed E-state index contributed by atoms with van der Waals surface area (Å²) in [6, 6.07) is 10.7. The van der Waals surface area contributed by atoms with E-state index in [1.165, 1.54) is 5.56 Å². The molecule has 3 aliphatic rings. The van der Waals surface area contributed by atoms with Gasteiger partial charge in [-0.3, -0.25) is 14.5 Å². The lowest BCUT2D eigenvalue weighted by Crippen LogP contribution is -2.62. The van der Waals surface area contributed by atoms with Crippen molar-refractivity contribution in [3.05, 3.63) is 35.9 Å². The summed E-state index contributed by atoms with van der Waals surface area (Å²) in [5.41, 5.74) is 1.25. The minimum Gasteiger partial charge on any atom is -0.342 e. The first-order chi connectivity index (χ1) is 13.9. The molecule has 0 spiro atoms. The zero-order valence-electron chi connectivity index (χ0n) is 18.0. The number of hydrogen-bond donors (Lipinski definition) is 0. The van der Waals surface area contributed by atoms with E-state index in [9.17, 15) is 9.59 Å². The number of hydrogen-bond acceptors (Lipinski definition) is 3. The summed E-state index contributed by atoms with van der Waals surface area (Å²) >= 11 is 0. The lowest BCUT2D eigenvalue weighted by molar-refractivity contribution is -0.141. The third kappa shape index (κ3) is 5.00. The van der Waals surface area contributed by atoms with Crippen molar-refractivity contribution in [2.75, 3.05) is 39.3 Å². The smallest absolute Gasteiger partial charge is 0.236 e. The van der Waals surface area contributed by atoms with Gasteiger partial charge in [-0.05, 0) is 57.4 Å².